The highest BCUT2D eigenvalue weighted by Gasteiger charge is 2.21. The maximum atomic E-state index is 4.15. The molecule has 2 rings (SSSR count). The van der Waals surface area contributed by atoms with Crippen LogP contribution >= 0.6 is 0 Å². The lowest BCUT2D eigenvalue weighted by molar-refractivity contribution is 0.308. The average molecular weight is 209 g/mol. The molecule has 1 saturated heterocycles. The summed E-state index contributed by atoms with van der Waals surface area (Å²) in [6.07, 6.45) is 3.04. The van der Waals surface area contributed by atoms with Crippen molar-refractivity contribution in [2.75, 3.05) is 20.1 Å². The van der Waals surface area contributed by atoms with Gasteiger partial charge in [0.25, 0.3) is 0 Å². The number of nitrogens with zero attached hydrogens (tertiary/aromatic N) is 4. The van der Waals surface area contributed by atoms with Crippen LogP contribution < -0.4 is 5.32 Å². The van der Waals surface area contributed by atoms with Crippen molar-refractivity contribution in [2.24, 2.45) is 0 Å². The Morgan fingerprint density at radius 1 is 1.60 bits per heavy atom. The molecule has 1 aromatic rings. The highest BCUT2D eigenvalue weighted by molar-refractivity contribution is 4.89. The first kappa shape index (κ1) is 10.6. The predicted octanol–water partition coefficient (Wildman–Crippen LogP) is 0.0917. The van der Waals surface area contributed by atoms with Gasteiger partial charge in [0, 0.05) is 25.7 Å². The van der Waals surface area contributed by atoms with Crippen molar-refractivity contribution in [3.63, 3.8) is 0 Å². The number of likely N-dealkylation sites (tertiary alicyclic amines) is 1. The van der Waals surface area contributed by atoms with Gasteiger partial charge in [-0.2, -0.15) is 0 Å². The molecule has 1 aliphatic heterocycles. The summed E-state index contributed by atoms with van der Waals surface area (Å²) in [5.74, 6) is 1.08. The van der Waals surface area contributed by atoms with E-state index in [-0.39, 0.29) is 0 Å². The fourth-order valence-corrected chi connectivity index (χ4v) is 2.08. The molecule has 0 saturated carbocycles. The molecule has 0 aromatic carbocycles. The molecular weight excluding hydrogens is 190 g/mol. The lowest BCUT2D eigenvalue weighted by Gasteiger charge is -2.15. The van der Waals surface area contributed by atoms with E-state index in [2.05, 4.69) is 31.9 Å². The van der Waals surface area contributed by atoms with Gasteiger partial charge in [-0.15, -0.1) is 10.2 Å². The Hall–Kier alpha value is -0.940. The molecule has 0 amide bonds. The van der Waals surface area contributed by atoms with Crippen molar-refractivity contribution in [3.05, 3.63) is 12.2 Å². The molecule has 1 aromatic heterocycles. The van der Waals surface area contributed by atoms with Crippen LogP contribution in [0.4, 0.5) is 0 Å². The zero-order valence-electron chi connectivity index (χ0n) is 9.48. The summed E-state index contributed by atoms with van der Waals surface area (Å²) < 4.78 is 2.10. The van der Waals surface area contributed by atoms with Gasteiger partial charge in [0.05, 0.1) is 6.54 Å². The van der Waals surface area contributed by atoms with E-state index in [9.17, 15) is 0 Å². The summed E-state index contributed by atoms with van der Waals surface area (Å²) in [5.41, 5.74) is 0. The third-order valence-electron chi connectivity index (χ3n) is 3.08. The summed E-state index contributed by atoms with van der Waals surface area (Å²) in [7, 11) is 2.03. The SMILES string of the molecule is CCn1cnnc1CN1CCC(NC)C1. The van der Waals surface area contributed by atoms with Crippen LogP contribution in [0.25, 0.3) is 0 Å². The van der Waals surface area contributed by atoms with Gasteiger partial charge < -0.3 is 9.88 Å². The second kappa shape index (κ2) is 4.72. The Kier molecular flexibility index (Phi) is 3.33. The molecule has 5 nitrogen and oxygen atoms in total. The number of aryl methyl sites for hydroxylation is 1. The molecule has 1 atom stereocenters. The molecule has 0 aliphatic carbocycles. The molecule has 0 radical (unpaired) electrons. The molecule has 1 unspecified atom stereocenters. The van der Waals surface area contributed by atoms with Gasteiger partial charge in [0.2, 0.25) is 0 Å². The van der Waals surface area contributed by atoms with Crippen LogP contribution in [0.1, 0.15) is 19.2 Å². The first-order chi connectivity index (χ1) is 7.33. The summed E-state index contributed by atoms with van der Waals surface area (Å²) in [5, 5.41) is 11.4. The predicted molar refractivity (Wildman–Crippen MR) is 58.4 cm³/mol. The molecule has 1 aliphatic rings. The van der Waals surface area contributed by atoms with E-state index in [0.717, 1.165) is 32.0 Å². The first-order valence-electron chi connectivity index (χ1n) is 5.59. The van der Waals surface area contributed by atoms with E-state index in [4.69, 9.17) is 0 Å². The van der Waals surface area contributed by atoms with Gasteiger partial charge in [-0.3, -0.25) is 4.90 Å². The third kappa shape index (κ3) is 2.35. The minimum atomic E-state index is 0.642. The molecular formula is C10H19N5. The van der Waals surface area contributed by atoms with Gasteiger partial charge in [-0.25, -0.2) is 0 Å². The Morgan fingerprint density at radius 3 is 3.13 bits per heavy atom. The van der Waals surface area contributed by atoms with Crippen molar-refractivity contribution < 1.29 is 0 Å². The lowest BCUT2D eigenvalue weighted by atomic mass is 10.3. The summed E-state index contributed by atoms with van der Waals surface area (Å²) in [6.45, 7) is 6.26. The number of hydrogen-bond acceptors (Lipinski definition) is 4. The van der Waals surface area contributed by atoms with Gasteiger partial charge >= 0.3 is 0 Å². The minimum Gasteiger partial charge on any atom is -0.317 e. The zero-order valence-corrected chi connectivity index (χ0v) is 9.48. The largest absolute Gasteiger partial charge is 0.317 e. The molecule has 0 bridgehead atoms. The standard InChI is InChI=1S/C10H19N5/c1-3-15-8-12-13-10(15)7-14-5-4-9(6-14)11-2/h8-9,11H,3-7H2,1-2H3. The summed E-state index contributed by atoms with van der Waals surface area (Å²) in [6, 6.07) is 0.642. The van der Waals surface area contributed by atoms with Crippen LogP contribution in [0.5, 0.6) is 0 Å². The van der Waals surface area contributed by atoms with Crippen LogP contribution in [0.15, 0.2) is 6.33 Å². The number of likely N-dealkylation sites (N-methyl/N-ethyl adjacent to an activating group) is 1. The summed E-state index contributed by atoms with van der Waals surface area (Å²) in [4.78, 5) is 2.43. The topological polar surface area (TPSA) is 46.0 Å². The van der Waals surface area contributed by atoms with Gasteiger partial charge in [0.15, 0.2) is 0 Å². The van der Waals surface area contributed by atoms with E-state index in [1.54, 1.807) is 6.33 Å². The quantitative estimate of drug-likeness (QED) is 0.763. The van der Waals surface area contributed by atoms with Crippen molar-refractivity contribution >= 4 is 0 Å². The molecule has 1 fully saturated rings. The number of nitrogens with one attached hydrogen (secondary N) is 1. The molecule has 0 spiro atoms. The smallest absolute Gasteiger partial charge is 0.146 e. The fraction of sp³-hybridized carbons (Fsp3) is 0.800. The molecule has 84 valence electrons. The van der Waals surface area contributed by atoms with Crippen molar-refractivity contribution in [1.29, 1.82) is 0 Å². The maximum Gasteiger partial charge on any atom is 0.146 e. The molecule has 1 N–H and O–H groups in total. The highest BCUT2D eigenvalue weighted by Crippen LogP contribution is 2.11. The Labute approximate surface area is 90.5 Å². The Bertz CT molecular complexity index is 309. The second-order valence-corrected chi connectivity index (χ2v) is 4.04. The van der Waals surface area contributed by atoms with E-state index >= 15 is 0 Å². The minimum absolute atomic E-state index is 0.642. The van der Waals surface area contributed by atoms with E-state index in [1.807, 2.05) is 7.05 Å². The van der Waals surface area contributed by atoms with Crippen LogP contribution in [0.3, 0.4) is 0 Å². The zero-order chi connectivity index (χ0) is 10.7. The van der Waals surface area contributed by atoms with E-state index < -0.39 is 0 Å². The number of hydrogen-bond donors (Lipinski definition) is 1. The van der Waals surface area contributed by atoms with Gasteiger partial charge in [-0.05, 0) is 20.4 Å². The first-order valence-corrected chi connectivity index (χ1v) is 5.59. The Balaban J connectivity index is 1.92. The monoisotopic (exact) mass is 209 g/mol. The summed E-state index contributed by atoms with van der Waals surface area (Å²) >= 11 is 0. The number of rotatable bonds is 4. The molecule has 5 heteroatoms. The lowest BCUT2D eigenvalue weighted by Crippen LogP contribution is -2.30. The van der Waals surface area contributed by atoms with Gasteiger partial charge in [0.1, 0.15) is 12.2 Å². The van der Waals surface area contributed by atoms with E-state index in [1.165, 1.54) is 6.42 Å². The van der Waals surface area contributed by atoms with Crippen molar-refractivity contribution in [2.45, 2.75) is 32.5 Å². The second-order valence-electron chi connectivity index (χ2n) is 4.04. The fourth-order valence-electron chi connectivity index (χ4n) is 2.08. The van der Waals surface area contributed by atoms with Crippen LogP contribution in [-0.2, 0) is 13.1 Å². The van der Waals surface area contributed by atoms with Crippen LogP contribution in [0.2, 0.25) is 0 Å². The van der Waals surface area contributed by atoms with Crippen molar-refractivity contribution in [3.8, 4) is 0 Å². The van der Waals surface area contributed by atoms with Crippen molar-refractivity contribution in [1.82, 2.24) is 25.0 Å². The average Bonchev–Trinajstić information content (AvgIpc) is 2.87. The molecule has 2 heterocycles. The number of aromatic nitrogens is 3. The Morgan fingerprint density at radius 2 is 2.47 bits per heavy atom. The maximum absolute atomic E-state index is 4.15. The van der Waals surface area contributed by atoms with Crippen LogP contribution in [-0.4, -0.2) is 45.8 Å². The normalized spacial score (nSPS) is 22.4. The van der Waals surface area contributed by atoms with E-state index in [0.29, 0.717) is 6.04 Å². The van der Waals surface area contributed by atoms with Gasteiger partial charge in [-0.1, -0.05) is 0 Å². The van der Waals surface area contributed by atoms with Crippen LogP contribution in [0, 0.1) is 0 Å². The highest BCUT2D eigenvalue weighted by atomic mass is 15.3. The molecule has 15 heavy (non-hydrogen) atoms. The third-order valence-corrected chi connectivity index (χ3v) is 3.08.